The van der Waals surface area contributed by atoms with Crippen LogP contribution in [-0.4, -0.2) is 10.1 Å². The second kappa shape index (κ2) is 6.57. The minimum absolute atomic E-state index is 0.334. The van der Waals surface area contributed by atoms with Crippen molar-refractivity contribution in [3.05, 3.63) is 42.1 Å². The van der Waals surface area contributed by atoms with E-state index in [9.17, 15) is 5.11 Å². The molecule has 1 aromatic carbocycles. The molecule has 21 heavy (non-hydrogen) atoms. The van der Waals surface area contributed by atoms with Crippen LogP contribution in [0.2, 0.25) is 0 Å². The maximum absolute atomic E-state index is 10.7. The van der Waals surface area contributed by atoms with Gasteiger partial charge < -0.3 is 5.11 Å². The first kappa shape index (κ1) is 14.5. The molecule has 0 aliphatic heterocycles. The van der Waals surface area contributed by atoms with E-state index in [-0.39, 0.29) is 6.10 Å². The van der Waals surface area contributed by atoms with Crippen LogP contribution in [0.3, 0.4) is 0 Å². The van der Waals surface area contributed by atoms with Gasteiger partial charge in [0.15, 0.2) is 0 Å². The summed E-state index contributed by atoms with van der Waals surface area (Å²) < 4.78 is 0. The molecule has 1 N–H and O–H groups in total. The molecule has 1 aliphatic carbocycles. The molecule has 3 rings (SSSR count). The van der Waals surface area contributed by atoms with Crippen molar-refractivity contribution in [3.63, 3.8) is 0 Å². The zero-order chi connectivity index (χ0) is 14.7. The molecule has 0 saturated heterocycles. The quantitative estimate of drug-likeness (QED) is 0.868. The molecule has 1 aromatic heterocycles. The van der Waals surface area contributed by atoms with Crippen LogP contribution in [0, 0.1) is 11.8 Å². The van der Waals surface area contributed by atoms with E-state index in [4.69, 9.17) is 0 Å². The second-order valence-corrected chi connectivity index (χ2v) is 6.47. The van der Waals surface area contributed by atoms with Gasteiger partial charge >= 0.3 is 0 Å². The first-order valence-electron chi connectivity index (χ1n) is 8.30. The molecule has 1 unspecified atom stereocenters. The van der Waals surface area contributed by atoms with Gasteiger partial charge in [0, 0.05) is 11.6 Å². The predicted molar refractivity (Wildman–Crippen MR) is 87.1 cm³/mol. The standard InChI is InChI=1S/C19H25NO/c1-2-4-14-6-8-16(9-7-14)19(21)17-11-10-15-5-3-12-20-18(15)13-17/h3,5,10-14,16,19,21H,2,4,6-9H2,1H3. The van der Waals surface area contributed by atoms with E-state index in [1.165, 1.54) is 25.7 Å². The summed E-state index contributed by atoms with van der Waals surface area (Å²) in [6, 6.07) is 10.2. The van der Waals surface area contributed by atoms with Gasteiger partial charge in [-0.2, -0.15) is 0 Å². The normalized spacial score (nSPS) is 24.1. The SMILES string of the molecule is CCCC1CCC(C(O)c2ccc3cccnc3c2)CC1. The van der Waals surface area contributed by atoms with E-state index in [0.29, 0.717) is 5.92 Å². The number of aromatic nitrogens is 1. The lowest BCUT2D eigenvalue weighted by atomic mass is 9.76. The fourth-order valence-corrected chi connectivity index (χ4v) is 3.74. The summed E-state index contributed by atoms with van der Waals surface area (Å²) in [6.45, 7) is 2.27. The van der Waals surface area contributed by atoms with Gasteiger partial charge in [-0.05, 0) is 42.4 Å². The second-order valence-electron chi connectivity index (χ2n) is 6.47. The van der Waals surface area contributed by atoms with E-state index in [2.05, 4.69) is 36.2 Å². The minimum atomic E-state index is -0.334. The third-order valence-corrected chi connectivity index (χ3v) is 5.01. The zero-order valence-corrected chi connectivity index (χ0v) is 12.8. The third-order valence-electron chi connectivity index (χ3n) is 5.01. The van der Waals surface area contributed by atoms with E-state index >= 15 is 0 Å². The Balaban J connectivity index is 1.70. The predicted octanol–water partition coefficient (Wildman–Crippen LogP) is 4.87. The van der Waals surface area contributed by atoms with Gasteiger partial charge in [-0.15, -0.1) is 0 Å². The van der Waals surface area contributed by atoms with Gasteiger partial charge in [-0.1, -0.05) is 50.8 Å². The van der Waals surface area contributed by atoms with Crippen molar-refractivity contribution >= 4 is 10.9 Å². The average molecular weight is 283 g/mol. The summed E-state index contributed by atoms with van der Waals surface area (Å²) in [5, 5.41) is 11.8. The number of nitrogens with zero attached hydrogens (tertiary/aromatic N) is 1. The first-order valence-corrected chi connectivity index (χ1v) is 8.30. The van der Waals surface area contributed by atoms with Crippen molar-refractivity contribution in [2.75, 3.05) is 0 Å². The van der Waals surface area contributed by atoms with Gasteiger partial charge in [0.2, 0.25) is 0 Å². The highest BCUT2D eigenvalue weighted by molar-refractivity contribution is 5.78. The van der Waals surface area contributed by atoms with Crippen molar-refractivity contribution in [2.24, 2.45) is 11.8 Å². The monoisotopic (exact) mass is 283 g/mol. The van der Waals surface area contributed by atoms with Crippen LogP contribution in [0.1, 0.15) is 57.1 Å². The molecule has 1 saturated carbocycles. The van der Waals surface area contributed by atoms with Crippen LogP contribution < -0.4 is 0 Å². The molecule has 1 heterocycles. The molecular weight excluding hydrogens is 258 g/mol. The molecule has 2 nitrogen and oxygen atoms in total. The Bertz CT molecular complexity index is 587. The van der Waals surface area contributed by atoms with Crippen molar-refractivity contribution in [3.8, 4) is 0 Å². The third kappa shape index (κ3) is 3.26. The Hall–Kier alpha value is -1.41. The summed E-state index contributed by atoms with van der Waals surface area (Å²) in [5.74, 6) is 1.30. The highest BCUT2D eigenvalue weighted by atomic mass is 16.3. The van der Waals surface area contributed by atoms with Crippen LogP contribution >= 0.6 is 0 Å². The van der Waals surface area contributed by atoms with Gasteiger partial charge in [0.25, 0.3) is 0 Å². The lowest BCUT2D eigenvalue weighted by Gasteiger charge is -2.31. The summed E-state index contributed by atoms with van der Waals surface area (Å²) in [7, 11) is 0. The largest absolute Gasteiger partial charge is 0.388 e. The lowest BCUT2D eigenvalue weighted by Crippen LogP contribution is -2.20. The van der Waals surface area contributed by atoms with E-state index in [1.807, 2.05) is 12.3 Å². The Morgan fingerprint density at radius 3 is 2.76 bits per heavy atom. The fraction of sp³-hybridized carbons (Fsp3) is 0.526. The summed E-state index contributed by atoms with van der Waals surface area (Å²) in [5.41, 5.74) is 2.01. The first-order chi connectivity index (χ1) is 10.3. The van der Waals surface area contributed by atoms with Crippen molar-refractivity contribution in [2.45, 2.75) is 51.6 Å². The van der Waals surface area contributed by atoms with Gasteiger partial charge in [-0.25, -0.2) is 0 Å². The smallest absolute Gasteiger partial charge is 0.0818 e. The van der Waals surface area contributed by atoms with E-state index in [1.54, 1.807) is 0 Å². The molecule has 0 radical (unpaired) electrons. The maximum Gasteiger partial charge on any atom is 0.0818 e. The Kier molecular flexibility index (Phi) is 4.54. The summed E-state index contributed by atoms with van der Waals surface area (Å²) in [6.07, 6.45) is 8.99. The number of hydrogen-bond donors (Lipinski definition) is 1. The molecule has 0 bridgehead atoms. The number of hydrogen-bond acceptors (Lipinski definition) is 2. The van der Waals surface area contributed by atoms with Gasteiger partial charge in [0.05, 0.1) is 11.6 Å². The minimum Gasteiger partial charge on any atom is -0.388 e. The number of aliphatic hydroxyl groups is 1. The molecule has 112 valence electrons. The maximum atomic E-state index is 10.7. The van der Waals surface area contributed by atoms with Crippen molar-refractivity contribution < 1.29 is 5.11 Å². The van der Waals surface area contributed by atoms with Gasteiger partial charge in [0.1, 0.15) is 0 Å². The Labute approximate surface area is 127 Å². The molecule has 0 spiro atoms. The number of pyridine rings is 1. The number of aliphatic hydroxyl groups excluding tert-OH is 1. The Morgan fingerprint density at radius 1 is 1.19 bits per heavy atom. The van der Waals surface area contributed by atoms with Crippen LogP contribution in [0.5, 0.6) is 0 Å². The summed E-state index contributed by atoms with van der Waals surface area (Å²) in [4.78, 5) is 4.39. The fourth-order valence-electron chi connectivity index (χ4n) is 3.74. The molecule has 2 heteroatoms. The van der Waals surface area contributed by atoms with Gasteiger partial charge in [-0.3, -0.25) is 4.98 Å². The molecule has 0 amide bonds. The lowest BCUT2D eigenvalue weighted by molar-refractivity contribution is 0.0723. The highest BCUT2D eigenvalue weighted by Crippen LogP contribution is 2.38. The molecule has 1 aliphatic rings. The highest BCUT2D eigenvalue weighted by Gasteiger charge is 2.27. The molecule has 2 aromatic rings. The summed E-state index contributed by atoms with van der Waals surface area (Å²) >= 11 is 0. The van der Waals surface area contributed by atoms with Crippen LogP contribution in [0.25, 0.3) is 10.9 Å². The van der Waals surface area contributed by atoms with E-state index < -0.39 is 0 Å². The van der Waals surface area contributed by atoms with Crippen LogP contribution in [-0.2, 0) is 0 Å². The molecule has 1 fully saturated rings. The average Bonchev–Trinajstić information content (AvgIpc) is 2.55. The molecular formula is C19H25NO. The van der Waals surface area contributed by atoms with Crippen LogP contribution in [0.4, 0.5) is 0 Å². The topological polar surface area (TPSA) is 33.1 Å². The number of benzene rings is 1. The zero-order valence-electron chi connectivity index (χ0n) is 12.8. The van der Waals surface area contributed by atoms with Crippen LogP contribution in [0.15, 0.2) is 36.5 Å². The molecule has 1 atom stereocenters. The number of rotatable bonds is 4. The Morgan fingerprint density at radius 2 is 2.00 bits per heavy atom. The van der Waals surface area contributed by atoms with Crippen molar-refractivity contribution in [1.82, 2.24) is 4.98 Å². The van der Waals surface area contributed by atoms with Crippen molar-refractivity contribution in [1.29, 1.82) is 0 Å². The van der Waals surface area contributed by atoms with E-state index in [0.717, 1.165) is 35.2 Å². The number of fused-ring (bicyclic) bond motifs is 1.